The number of rotatable bonds is 5. The van der Waals surface area contributed by atoms with E-state index in [2.05, 4.69) is 45.9 Å². The van der Waals surface area contributed by atoms with Gasteiger partial charge in [-0.1, -0.05) is 32.9 Å². The number of carboxylic acid groups (broad SMARTS) is 1. The molecule has 0 unspecified atom stereocenters. The van der Waals surface area contributed by atoms with Crippen LogP contribution in [-0.4, -0.2) is 41.1 Å². The molecule has 1 amide bonds. The number of hydrogen-bond donors (Lipinski definition) is 1. The lowest BCUT2D eigenvalue weighted by Gasteiger charge is -2.33. The minimum absolute atomic E-state index is 0.0104. The first-order chi connectivity index (χ1) is 11.7. The van der Waals surface area contributed by atoms with Crippen molar-refractivity contribution in [2.75, 3.05) is 13.1 Å². The lowest BCUT2D eigenvalue weighted by molar-refractivity contribution is -0.141. The molecule has 1 fully saturated rings. The van der Waals surface area contributed by atoms with Crippen molar-refractivity contribution in [1.29, 1.82) is 0 Å². The number of amides is 1. The van der Waals surface area contributed by atoms with Gasteiger partial charge < -0.3 is 14.7 Å². The van der Waals surface area contributed by atoms with E-state index >= 15 is 0 Å². The molecule has 1 N–H and O–H groups in total. The Labute approximate surface area is 150 Å². The molecule has 0 aromatic heterocycles. The molecule has 0 spiro atoms. The smallest absolute Gasteiger partial charge is 0.303 e. The van der Waals surface area contributed by atoms with E-state index in [1.807, 2.05) is 0 Å². The van der Waals surface area contributed by atoms with Gasteiger partial charge in [0.25, 0.3) is 0 Å². The highest BCUT2D eigenvalue weighted by Crippen LogP contribution is 2.33. The molecule has 0 radical (unpaired) electrons. The number of ether oxygens (including phenoxy) is 1. The first-order valence-corrected chi connectivity index (χ1v) is 8.94. The van der Waals surface area contributed by atoms with E-state index in [4.69, 9.17) is 9.84 Å². The third-order valence-corrected chi connectivity index (χ3v) is 4.59. The Kier molecular flexibility index (Phi) is 6.09. The van der Waals surface area contributed by atoms with Gasteiger partial charge in [0.2, 0.25) is 5.91 Å². The zero-order valence-electron chi connectivity index (χ0n) is 15.7. The van der Waals surface area contributed by atoms with Crippen LogP contribution < -0.4 is 4.74 Å². The SMILES string of the molecule is Cc1ccc(C(C)(C)C)c(OC2CCN(C(=O)CCC(=O)O)CC2)c1. The first kappa shape index (κ1) is 19.3. The monoisotopic (exact) mass is 347 g/mol. The Hall–Kier alpha value is -2.04. The molecule has 138 valence electrons. The van der Waals surface area contributed by atoms with Crippen molar-refractivity contribution >= 4 is 11.9 Å². The van der Waals surface area contributed by atoms with Crippen LogP contribution in [0.15, 0.2) is 18.2 Å². The van der Waals surface area contributed by atoms with E-state index in [0.717, 1.165) is 18.6 Å². The number of aryl methyl sites for hydroxylation is 1. The predicted octanol–water partition coefficient (Wildman–Crippen LogP) is 3.53. The number of carbonyl (C=O) groups is 2. The van der Waals surface area contributed by atoms with Crippen LogP contribution in [0.3, 0.4) is 0 Å². The van der Waals surface area contributed by atoms with Gasteiger partial charge in [0.15, 0.2) is 0 Å². The van der Waals surface area contributed by atoms with Gasteiger partial charge in [-0.25, -0.2) is 0 Å². The maximum absolute atomic E-state index is 12.0. The molecule has 1 aromatic carbocycles. The van der Waals surface area contributed by atoms with Crippen molar-refractivity contribution in [2.24, 2.45) is 0 Å². The molecule has 0 atom stereocenters. The van der Waals surface area contributed by atoms with Crippen LogP contribution in [0.25, 0.3) is 0 Å². The van der Waals surface area contributed by atoms with Gasteiger partial charge in [-0.15, -0.1) is 0 Å². The Bertz CT molecular complexity index is 625. The summed E-state index contributed by atoms with van der Waals surface area (Å²) in [6, 6.07) is 6.33. The second-order valence-corrected chi connectivity index (χ2v) is 7.84. The minimum Gasteiger partial charge on any atom is -0.490 e. The Morgan fingerprint density at radius 1 is 1.20 bits per heavy atom. The molecule has 5 heteroatoms. The largest absolute Gasteiger partial charge is 0.490 e. The Morgan fingerprint density at radius 2 is 1.84 bits per heavy atom. The van der Waals surface area contributed by atoms with E-state index in [1.165, 1.54) is 11.1 Å². The molecule has 5 nitrogen and oxygen atoms in total. The van der Waals surface area contributed by atoms with Gasteiger partial charge in [-0.05, 0) is 29.5 Å². The van der Waals surface area contributed by atoms with Gasteiger partial charge >= 0.3 is 5.97 Å². The van der Waals surface area contributed by atoms with Crippen molar-refractivity contribution in [1.82, 2.24) is 4.90 Å². The summed E-state index contributed by atoms with van der Waals surface area (Å²) in [6.45, 7) is 9.83. The third kappa shape index (κ3) is 5.48. The lowest BCUT2D eigenvalue weighted by Crippen LogP contribution is -2.42. The molecule has 1 aliphatic rings. The molecular weight excluding hydrogens is 318 g/mol. The second kappa shape index (κ2) is 7.89. The van der Waals surface area contributed by atoms with Crippen molar-refractivity contribution in [2.45, 2.75) is 64.9 Å². The van der Waals surface area contributed by atoms with Gasteiger partial charge in [0.1, 0.15) is 11.9 Å². The molecule has 2 rings (SSSR count). The van der Waals surface area contributed by atoms with E-state index in [1.54, 1.807) is 4.90 Å². The van der Waals surface area contributed by atoms with Crippen molar-refractivity contribution < 1.29 is 19.4 Å². The van der Waals surface area contributed by atoms with Gasteiger partial charge in [0, 0.05) is 32.4 Å². The molecule has 0 bridgehead atoms. The summed E-state index contributed by atoms with van der Waals surface area (Å²) in [5.41, 5.74) is 2.37. The van der Waals surface area contributed by atoms with Gasteiger partial charge in [-0.2, -0.15) is 0 Å². The average Bonchev–Trinajstić information content (AvgIpc) is 2.52. The number of likely N-dealkylation sites (tertiary alicyclic amines) is 1. The zero-order chi connectivity index (χ0) is 18.6. The molecule has 25 heavy (non-hydrogen) atoms. The Morgan fingerprint density at radius 3 is 2.40 bits per heavy atom. The lowest BCUT2D eigenvalue weighted by atomic mass is 9.86. The summed E-state index contributed by atoms with van der Waals surface area (Å²) in [4.78, 5) is 24.4. The van der Waals surface area contributed by atoms with Crippen LogP contribution in [-0.2, 0) is 15.0 Å². The highest BCUT2D eigenvalue weighted by atomic mass is 16.5. The van der Waals surface area contributed by atoms with Crippen LogP contribution >= 0.6 is 0 Å². The normalized spacial score (nSPS) is 15.9. The van der Waals surface area contributed by atoms with Crippen molar-refractivity contribution in [3.8, 4) is 5.75 Å². The molecule has 0 saturated carbocycles. The van der Waals surface area contributed by atoms with Gasteiger partial charge in [0.05, 0.1) is 6.42 Å². The van der Waals surface area contributed by atoms with Crippen LogP contribution in [0.1, 0.15) is 57.6 Å². The summed E-state index contributed by atoms with van der Waals surface area (Å²) < 4.78 is 6.29. The summed E-state index contributed by atoms with van der Waals surface area (Å²) in [6.07, 6.45) is 1.61. The van der Waals surface area contributed by atoms with E-state index < -0.39 is 5.97 Å². The van der Waals surface area contributed by atoms with E-state index in [0.29, 0.717) is 13.1 Å². The standard InChI is InChI=1S/C20H29NO4/c1-14-5-6-16(20(2,3)4)17(13-14)25-15-9-11-21(12-10-15)18(22)7-8-19(23)24/h5-6,13,15H,7-12H2,1-4H3,(H,23,24). The maximum atomic E-state index is 12.0. The minimum atomic E-state index is -0.930. The second-order valence-electron chi connectivity index (χ2n) is 7.84. The summed E-state index contributed by atoms with van der Waals surface area (Å²) in [7, 11) is 0. The predicted molar refractivity (Wildman–Crippen MR) is 97.0 cm³/mol. The van der Waals surface area contributed by atoms with Crippen LogP contribution in [0.5, 0.6) is 5.75 Å². The van der Waals surface area contributed by atoms with Crippen LogP contribution in [0.2, 0.25) is 0 Å². The van der Waals surface area contributed by atoms with Gasteiger partial charge in [-0.3, -0.25) is 9.59 Å². The number of benzene rings is 1. The molecule has 1 saturated heterocycles. The fourth-order valence-corrected chi connectivity index (χ4v) is 3.12. The van der Waals surface area contributed by atoms with Crippen LogP contribution in [0.4, 0.5) is 0 Å². The van der Waals surface area contributed by atoms with Crippen LogP contribution in [0, 0.1) is 6.92 Å². The highest BCUT2D eigenvalue weighted by Gasteiger charge is 2.26. The quantitative estimate of drug-likeness (QED) is 0.885. The third-order valence-electron chi connectivity index (χ3n) is 4.59. The number of carboxylic acids is 1. The molecule has 1 aliphatic heterocycles. The zero-order valence-corrected chi connectivity index (χ0v) is 15.7. The van der Waals surface area contributed by atoms with Crippen molar-refractivity contribution in [3.63, 3.8) is 0 Å². The highest BCUT2D eigenvalue weighted by molar-refractivity contribution is 5.80. The summed E-state index contributed by atoms with van der Waals surface area (Å²) in [5.74, 6) is -0.0735. The number of aliphatic carboxylic acids is 1. The number of nitrogens with zero attached hydrogens (tertiary/aromatic N) is 1. The molecule has 1 heterocycles. The summed E-state index contributed by atoms with van der Waals surface area (Å²) >= 11 is 0. The fourth-order valence-electron chi connectivity index (χ4n) is 3.12. The van der Waals surface area contributed by atoms with E-state index in [9.17, 15) is 9.59 Å². The first-order valence-electron chi connectivity index (χ1n) is 8.94. The average molecular weight is 347 g/mol. The summed E-state index contributed by atoms with van der Waals surface area (Å²) in [5, 5.41) is 8.69. The number of hydrogen-bond acceptors (Lipinski definition) is 3. The number of piperidine rings is 1. The molecule has 1 aromatic rings. The fraction of sp³-hybridized carbons (Fsp3) is 0.600. The van der Waals surface area contributed by atoms with E-state index in [-0.39, 0.29) is 30.3 Å². The molecular formula is C20H29NO4. The Balaban J connectivity index is 1.95. The number of carbonyl (C=O) groups excluding carboxylic acids is 1. The van der Waals surface area contributed by atoms with Crippen molar-refractivity contribution in [3.05, 3.63) is 29.3 Å². The molecule has 0 aliphatic carbocycles. The maximum Gasteiger partial charge on any atom is 0.303 e. The topological polar surface area (TPSA) is 66.8 Å².